The van der Waals surface area contributed by atoms with E-state index in [0.717, 1.165) is 25.9 Å². The molecule has 0 N–H and O–H groups in total. The van der Waals surface area contributed by atoms with Crippen molar-refractivity contribution in [2.45, 2.75) is 51.7 Å². The van der Waals surface area contributed by atoms with Gasteiger partial charge in [-0.05, 0) is 36.8 Å². The van der Waals surface area contributed by atoms with Gasteiger partial charge in [-0.1, -0.05) is 67.1 Å². The summed E-state index contributed by atoms with van der Waals surface area (Å²) in [5.74, 6) is 0.338. The highest BCUT2D eigenvalue weighted by Gasteiger charge is 2.33. The van der Waals surface area contributed by atoms with E-state index in [9.17, 15) is 4.79 Å². The summed E-state index contributed by atoms with van der Waals surface area (Å²) in [5.41, 5.74) is 2.65. The minimum atomic E-state index is -0.0521. The van der Waals surface area contributed by atoms with Crippen molar-refractivity contribution in [3.8, 4) is 0 Å². The molecule has 0 aliphatic heterocycles. The molecule has 3 rings (SSSR count). The Morgan fingerprint density at radius 3 is 2.08 bits per heavy atom. The van der Waals surface area contributed by atoms with Crippen molar-refractivity contribution in [2.24, 2.45) is 5.92 Å². The van der Waals surface area contributed by atoms with Crippen molar-refractivity contribution < 1.29 is 9.53 Å². The first-order chi connectivity index (χ1) is 12.8. The van der Waals surface area contributed by atoms with E-state index >= 15 is 0 Å². The third-order valence-electron chi connectivity index (χ3n) is 5.28. The lowest BCUT2D eigenvalue weighted by Crippen LogP contribution is -2.38. The van der Waals surface area contributed by atoms with Gasteiger partial charge in [-0.25, -0.2) is 0 Å². The minimum absolute atomic E-state index is 0.0521. The molecule has 1 aliphatic carbocycles. The number of esters is 1. The average molecular weight is 351 g/mol. The van der Waals surface area contributed by atoms with E-state index in [2.05, 4.69) is 65.6 Å². The normalized spacial score (nSPS) is 19.6. The topological polar surface area (TPSA) is 29.5 Å². The second-order valence-electron chi connectivity index (χ2n) is 7.14. The van der Waals surface area contributed by atoms with Gasteiger partial charge in [0.05, 0.1) is 6.61 Å². The summed E-state index contributed by atoms with van der Waals surface area (Å²) in [6.07, 6.45) is 4.00. The lowest BCUT2D eigenvalue weighted by molar-refractivity contribution is -0.144. The van der Waals surface area contributed by atoms with E-state index in [0.29, 0.717) is 25.0 Å². The molecule has 0 saturated heterocycles. The number of hydrogen-bond acceptors (Lipinski definition) is 3. The molecule has 1 fully saturated rings. The van der Waals surface area contributed by atoms with Crippen molar-refractivity contribution in [3.63, 3.8) is 0 Å². The number of carbonyl (C=O) groups excluding carboxylic acids is 1. The molecule has 2 aromatic rings. The van der Waals surface area contributed by atoms with Crippen LogP contribution in [-0.2, 0) is 22.6 Å². The quantitative estimate of drug-likeness (QED) is 0.639. The molecule has 2 aromatic carbocycles. The molecule has 0 unspecified atom stereocenters. The van der Waals surface area contributed by atoms with Crippen LogP contribution in [0, 0.1) is 5.92 Å². The van der Waals surface area contributed by atoms with Crippen LogP contribution < -0.4 is 0 Å². The summed E-state index contributed by atoms with van der Waals surface area (Å²) in [7, 11) is 0. The second-order valence-corrected chi connectivity index (χ2v) is 7.14. The van der Waals surface area contributed by atoms with Gasteiger partial charge in [-0.2, -0.15) is 0 Å². The van der Waals surface area contributed by atoms with Crippen molar-refractivity contribution in [3.05, 3.63) is 71.8 Å². The Bertz CT molecular complexity index is 630. The molecule has 0 amide bonds. The van der Waals surface area contributed by atoms with Crippen molar-refractivity contribution >= 4 is 5.97 Å². The lowest BCUT2D eigenvalue weighted by Gasteiger charge is -2.33. The number of hydrogen-bond donors (Lipinski definition) is 0. The SMILES string of the molecule is CCOC(=O)C[C@@H]1CCC[C@@H]1N(Cc1ccccc1)Cc1ccccc1. The van der Waals surface area contributed by atoms with Crippen LogP contribution in [0.4, 0.5) is 0 Å². The van der Waals surface area contributed by atoms with Crippen LogP contribution in [0.3, 0.4) is 0 Å². The predicted octanol–water partition coefficient (Wildman–Crippen LogP) is 4.81. The van der Waals surface area contributed by atoms with Crippen LogP contribution in [0.2, 0.25) is 0 Å². The largest absolute Gasteiger partial charge is 0.466 e. The highest BCUT2D eigenvalue weighted by atomic mass is 16.5. The molecule has 26 heavy (non-hydrogen) atoms. The number of benzene rings is 2. The fourth-order valence-electron chi connectivity index (χ4n) is 4.10. The van der Waals surface area contributed by atoms with Crippen LogP contribution >= 0.6 is 0 Å². The second kappa shape index (κ2) is 9.54. The maximum atomic E-state index is 12.0. The van der Waals surface area contributed by atoms with Crippen LogP contribution in [0.5, 0.6) is 0 Å². The monoisotopic (exact) mass is 351 g/mol. The molecule has 1 saturated carbocycles. The van der Waals surface area contributed by atoms with E-state index in [4.69, 9.17) is 4.74 Å². The van der Waals surface area contributed by atoms with Crippen molar-refractivity contribution in [2.75, 3.05) is 6.61 Å². The Morgan fingerprint density at radius 2 is 1.54 bits per heavy atom. The first-order valence-electron chi connectivity index (χ1n) is 9.73. The smallest absolute Gasteiger partial charge is 0.306 e. The Balaban J connectivity index is 1.75. The number of carbonyl (C=O) groups is 1. The fourth-order valence-corrected chi connectivity index (χ4v) is 4.10. The highest BCUT2D eigenvalue weighted by Crippen LogP contribution is 2.34. The Hall–Kier alpha value is -2.13. The number of rotatable bonds is 8. The summed E-state index contributed by atoms with van der Waals surface area (Å²) in [6, 6.07) is 21.7. The first kappa shape index (κ1) is 18.7. The van der Waals surface area contributed by atoms with Crippen LogP contribution in [0.1, 0.15) is 43.7 Å². The van der Waals surface area contributed by atoms with E-state index in [1.54, 1.807) is 0 Å². The zero-order valence-corrected chi connectivity index (χ0v) is 15.6. The summed E-state index contributed by atoms with van der Waals surface area (Å²) < 4.78 is 5.21. The average Bonchev–Trinajstić information content (AvgIpc) is 3.11. The third-order valence-corrected chi connectivity index (χ3v) is 5.28. The summed E-state index contributed by atoms with van der Waals surface area (Å²) >= 11 is 0. The van der Waals surface area contributed by atoms with Gasteiger partial charge >= 0.3 is 5.97 Å². The zero-order valence-electron chi connectivity index (χ0n) is 15.6. The van der Waals surface area contributed by atoms with Crippen molar-refractivity contribution in [1.29, 1.82) is 0 Å². The molecular weight excluding hydrogens is 322 g/mol. The molecule has 2 atom stereocenters. The zero-order chi connectivity index (χ0) is 18.2. The molecular formula is C23H29NO2. The van der Waals surface area contributed by atoms with Gasteiger partial charge in [0, 0.05) is 25.6 Å². The molecule has 138 valence electrons. The summed E-state index contributed by atoms with van der Waals surface area (Å²) in [4.78, 5) is 14.6. The lowest BCUT2D eigenvalue weighted by atomic mass is 9.97. The molecule has 0 radical (unpaired) electrons. The fraction of sp³-hybridized carbons (Fsp3) is 0.435. The van der Waals surface area contributed by atoms with Crippen LogP contribution in [-0.4, -0.2) is 23.5 Å². The van der Waals surface area contributed by atoms with Gasteiger partial charge in [0.1, 0.15) is 0 Å². The maximum Gasteiger partial charge on any atom is 0.306 e. The Kier molecular flexibility index (Phi) is 6.84. The van der Waals surface area contributed by atoms with Crippen molar-refractivity contribution in [1.82, 2.24) is 4.90 Å². The minimum Gasteiger partial charge on any atom is -0.466 e. The maximum absolute atomic E-state index is 12.0. The van der Waals surface area contributed by atoms with Gasteiger partial charge in [-0.3, -0.25) is 9.69 Å². The van der Waals surface area contributed by atoms with E-state index in [1.165, 1.54) is 17.5 Å². The standard InChI is InChI=1S/C23H29NO2/c1-2-26-23(25)16-21-14-9-15-22(21)24(17-19-10-5-3-6-11-19)18-20-12-7-4-8-13-20/h3-8,10-13,21-22H,2,9,14-18H2,1H3/t21-,22-/m0/s1. The predicted molar refractivity (Wildman–Crippen MR) is 105 cm³/mol. The van der Waals surface area contributed by atoms with Gasteiger partial charge in [0.2, 0.25) is 0 Å². The summed E-state index contributed by atoms with van der Waals surface area (Å²) in [6.45, 7) is 4.18. The first-order valence-corrected chi connectivity index (χ1v) is 9.73. The Labute approximate surface area is 157 Å². The van der Waals surface area contributed by atoms with E-state index in [-0.39, 0.29) is 5.97 Å². The number of ether oxygens (including phenoxy) is 1. The molecule has 0 aromatic heterocycles. The van der Waals surface area contributed by atoms with Gasteiger partial charge in [0.15, 0.2) is 0 Å². The molecule has 0 spiro atoms. The third kappa shape index (κ3) is 5.18. The number of nitrogens with zero attached hydrogens (tertiary/aromatic N) is 1. The summed E-state index contributed by atoms with van der Waals surface area (Å²) in [5, 5.41) is 0. The molecule has 0 bridgehead atoms. The highest BCUT2D eigenvalue weighted by molar-refractivity contribution is 5.69. The van der Waals surface area contributed by atoms with Gasteiger partial charge in [-0.15, -0.1) is 0 Å². The van der Waals surface area contributed by atoms with Gasteiger partial charge < -0.3 is 4.74 Å². The Morgan fingerprint density at radius 1 is 0.962 bits per heavy atom. The van der Waals surface area contributed by atoms with E-state index in [1.807, 2.05) is 6.92 Å². The van der Waals surface area contributed by atoms with E-state index < -0.39 is 0 Å². The molecule has 3 heteroatoms. The molecule has 3 nitrogen and oxygen atoms in total. The van der Waals surface area contributed by atoms with Crippen LogP contribution in [0.25, 0.3) is 0 Å². The van der Waals surface area contributed by atoms with Gasteiger partial charge in [0.25, 0.3) is 0 Å². The van der Waals surface area contributed by atoms with Crippen LogP contribution in [0.15, 0.2) is 60.7 Å². The molecule has 0 heterocycles. The molecule has 1 aliphatic rings.